The van der Waals surface area contributed by atoms with E-state index in [0.717, 1.165) is 17.5 Å². The number of hydrogen-bond donors (Lipinski definition) is 0. The van der Waals surface area contributed by atoms with Crippen LogP contribution in [0.3, 0.4) is 0 Å². The first-order valence-electron chi connectivity index (χ1n) is 7.43. The van der Waals surface area contributed by atoms with E-state index in [1.54, 1.807) is 0 Å². The molecule has 2 nitrogen and oxygen atoms in total. The first-order chi connectivity index (χ1) is 8.02. The highest BCUT2D eigenvalue weighted by Gasteiger charge is 2.38. The number of hydrogen-bond acceptors (Lipinski definition) is 2. The van der Waals surface area contributed by atoms with Crippen LogP contribution in [-0.2, 0) is 0 Å². The SMILES string of the molecule is CC(C)N1CCC2(CCC(N(C)C)CC2)CC1. The van der Waals surface area contributed by atoms with Crippen molar-refractivity contribution in [2.24, 2.45) is 5.41 Å². The summed E-state index contributed by atoms with van der Waals surface area (Å²) >= 11 is 0. The van der Waals surface area contributed by atoms with Crippen LogP contribution in [0.5, 0.6) is 0 Å². The molecular formula is C15H30N2. The number of rotatable bonds is 2. The Labute approximate surface area is 107 Å². The summed E-state index contributed by atoms with van der Waals surface area (Å²) in [6.07, 6.45) is 8.70. The van der Waals surface area contributed by atoms with Crippen LogP contribution in [0.15, 0.2) is 0 Å². The minimum absolute atomic E-state index is 0.720. The van der Waals surface area contributed by atoms with Gasteiger partial charge in [0.05, 0.1) is 0 Å². The maximum Gasteiger partial charge on any atom is 0.00895 e. The smallest absolute Gasteiger partial charge is 0.00895 e. The number of nitrogens with zero attached hydrogens (tertiary/aromatic N) is 2. The van der Waals surface area contributed by atoms with Crippen molar-refractivity contribution in [3.63, 3.8) is 0 Å². The fraction of sp³-hybridized carbons (Fsp3) is 1.00. The van der Waals surface area contributed by atoms with E-state index in [4.69, 9.17) is 0 Å². The summed E-state index contributed by atoms with van der Waals surface area (Å²) in [5.41, 5.74) is 0.720. The van der Waals surface area contributed by atoms with Crippen LogP contribution in [0.25, 0.3) is 0 Å². The molecule has 1 spiro atoms. The zero-order valence-corrected chi connectivity index (χ0v) is 12.2. The number of likely N-dealkylation sites (tertiary alicyclic amines) is 1. The summed E-state index contributed by atoms with van der Waals surface area (Å²) in [4.78, 5) is 5.08. The maximum atomic E-state index is 2.66. The van der Waals surface area contributed by atoms with Crippen LogP contribution in [0.1, 0.15) is 52.4 Å². The maximum absolute atomic E-state index is 2.66. The molecule has 2 heteroatoms. The van der Waals surface area contributed by atoms with Crippen LogP contribution < -0.4 is 0 Å². The molecule has 17 heavy (non-hydrogen) atoms. The van der Waals surface area contributed by atoms with Gasteiger partial charge in [0.1, 0.15) is 0 Å². The van der Waals surface area contributed by atoms with Crippen molar-refractivity contribution in [2.75, 3.05) is 27.2 Å². The molecule has 2 rings (SSSR count). The molecule has 1 saturated carbocycles. The monoisotopic (exact) mass is 238 g/mol. The average molecular weight is 238 g/mol. The molecule has 1 heterocycles. The van der Waals surface area contributed by atoms with E-state index in [0.29, 0.717) is 0 Å². The lowest BCUT2D eigenvalue weighted by Gasteiger charge is -2.47. The van der Waals surface area contributed by atoms with E-state index < -0.39 is 0 Å². The third kappa shape index (κ3) is 3.03. The first-order valence-corrected chi connectivity index (χ1v) is 7.43. The van der Waals surface area contributed by atoms with Gasteiger partial charge in [-0.25, -0.2) is 0 Å². The molecule has 1 saturated heterocycles. The fourth-order valence-corrected chi connectivity index (χ4v) is 3.75. The molecule has 1 aliphatic carbocycles. The predicted molar refractivity (Wildman–Crippen MR) is 74.3 cm³/mol. The van der Waals surface area contributed by atoms with Crippen molar-refractivity contribution >= 4 is 0 Å². The Balaban J connectivity index is 1.84. The lowest BCUT2D eigenvalue weighted by molar-refractivity contribution is 0.0325. The zero-order chi connectivity index (χ0) is 12.5. The third-order valence-corrected chi connectivity index (χ3v) is 5.34. The molecule has 0 unspecified atom stereocenters. The Morgan fingerprint density at radius 3 is 1.94 bits per heavy atom. The normalized spacial score (nSPS) is 27.2. The van der Waals surface area contributed by atoms with E-state index in [2.05, 4.69) is 37.7 Å². The molecule has 0 radical (unpaired) electrons. The third-order valence-electron chi connectivity index (χ3n) is 5.34. The van der Waals surface area contributed by atoms with Gasteiger partial charge < -0.3 is 9.80 Å². The molecule has 0 N–H and O–H groups in total. The predicted octanol–water partition coefficient (Wildman–Crippen LogP) is 2.98. The summed E-state index contributed by atoms with van der Waals surface area (Å²) in [6, 6.07) is 1.59. The second-order valence-corrected chi connectivity index (χ2v) is 6.82. The summed E-state index contributed by atoms with van der Waals surface area (Å²) in [5, 5.41) is 0. The first kappa shape index (κ1) is 13.4. The summed E-state index contributed by atoms with van der Waals surface area (Å²) < 4.78 is 0. The Bertz CT molecular complexity index is 202. The lowest BCUT2D eigenvalue weighted by Crippen LogP contribution is -2.46. The lowest BCUT2D eigenvalue weighted by atomic mass is 9.66. The number of piperidine rings is 1. The van der Waals surface area contributed by atoms with Crippen molar-refractivity contribution in [2.45, 2.75) is 64.5 Å². The molecule has 0 amide bonds. The standard InChI is InChI=1S/C15H30N2/c1-13(2)17-11-9-15(10-12-17)7-5-14(6-8-15)16(3)4/h13-14H,5-12H2,1-4H3. The highest BCUT2D eigenvalue weighted by atomic mass is 15.2. The highest BCUT2D eigenvalue weighted by Crippen LogP contribution is 2.45. The van der Waals surface area contributed by atoms with E-state index in [1.165, 1.54) is 51.6 Å². The van der Waals surface area contributed by atoms with Gasteiger partial charge in [-0.1, -0.05) is 0 Å². The largest absolute Gasteiger partial charge is 0.306 e. The van der Waals surface area contributed by atoms with Gasteiger partial charge in [-0.15, -0.1) is 0 Å². The van der Waals surface area contributed by atoms with E-state index in [-0.39, 0.29) is 0 Å². The van der Waals surface area contributed by atoms with Gasteiger partial charge in [0.25, 0.3) is 0 Å². The minimum Gasteiger partial charge on any atom is -0.306 e. The molecule has 0 bridgehead atoms. The quantitative estimate of drug-likeness (QED) is 0.730. The van der Waals surface area contributed by atoms with E-state index >= 15 is 0 Å². The molecule has 0 aromatic rings. The Kier molecular flexibility index (Phi) is 4.14. The van der Waals surface area contributed by atoms with Gasteiger partial charge in [0.2, 0.25) is 0 Å². The highest BCUT2D eigenvalue weighted by molar-refractivity contribution is 4.92. The molecule has 2 aliphatic rings. The molecule has 2 fully saturated rings. The molecule has 0 aromatic carbocycles. The van der Waals surface area contributed by atoms with Gasteiger partial charge >= 0.3 is 0 Å². The van der Waals surface area contributed by atoms with Gasteiger partial charge in [-0.3, -0.25) is 0 Å². The van der Waals surface area contributed by atoms with Crippen LogP contribution in [0.4, 0.5) is 0 Å². The van der Waals surface area contributed by atoms with Crippen molar-refractivity contribution in [1.29, 1.82) is 0 Å². The van der Waals surface area contributed by atoms with Crippen LogP contribution in [-0.4, -0.2) is 49.1 Å². The van der Waals surface area contributed by atoms with Crippen LogP contribution in [0, 0.1) is 5.41 Å². The van der Waals surface area contributed by atoms with Crippen molar-refractivity contribution in [3.8, 4) is 0 Å². The summed E-state index contributed by atoms with van der Waals surface area (Å²) in [5.74, 6) is 0. The van der Waals surface area contributed by atoms with Gasteiger partial charge in [-0.2, -0.15) is 0 Å². The summed E-state index contributed by atoms with van der Waals surface area (Å²) in [7, 11) is 4.48. The molecule has 0 aromatic heterocycles. The molecule has 100 valence electrons. The van der Waals surface area contributed by atoms with Gasteiger partial charge in [-0.05, 0) is 85.0 Å². The van der Waals surface area contributed by atoms with Gasteiger partial charge in [0, 0.05) is 12.1 Å². The van der Waals surface area contributed by atoms with Crippen molar-refractivity contribution in [3.05, 3.63) is 0 Å². The second kappa shape index (κ2) is 5.27. The van der Waals surface area contributed by atoms with E-state index in [1.807, 2.05) is 0 Å². The van der Waals surface area contributed by atoms with Crippen LogP contribution in [0.2, 0.25) is 0 Å². The average Bonchev–Trinajstić information content (AvgIpc) is 2.30. The molecule has 0 atom stereocenters. The Morgan fingerprint density at radius 1 is 1.00 bits per heavy atom. The minimum atomic E-state index is 0.720. The second-order valence-electron chi connectivity index (χ2n) is 6.82. The Hall–Kier alpha value is -0.0800. The van der Waals surface area contributed by atoms with Crippen LogP contribution >= 0.6 is 0 Å². The Morgan fingerprint density at radius 2 is 1.53 bits per heavy atom. The zero-order valence-electron chi connectivity index (χ0n) is 12.2. The molecular weight excluding hydrogens is 208 g/mol. The fourth-order valence-electron chi connectivity index (χ4n) is 3.75. The van der Waals surface area contributed by atoms with Crippen molar-refractivity contribution < 1.29 is 0 Å². The topological polar surface area (TPSA) is 6.48 Å². The molecule has 1 aliphatic heterocycles. The summed E-state index contributed by atoms with van der Waals surface area (Å²) in [6.45, 7) is 7.34. The van der Waals surface area contributed by atoms with Crippen molar-refractivity contribution in [1.82, 2.24) is 9.80 Å². The van der Waals surface area contributed by atoms with Gasteiger partial charge in [0.15, 0.2) is 0 Å². The van der Waals surface area contributed by atoms with E-state index in [9.17, 15) is 0 Å².